The highest BCUT2D eigenvalue weighted by atomic mass is 16.5. The lowest BCUT2D eigenvalue weighted by molar-refractivity contribution is 0.0647. The zero-order valence-corrected chi connectivity index (χ0v) is 12.0. The molecule has 1 saturated heterocycles. The first-order chi connectivity index (χ1) is 10.8. The van der Waals surface area contributed by atoms with E-state index in [1.807, 2.05) is 6.07 Å². The predicted octanol–water partition coefficient (Wildman–Crippen LogP) is 0.792. The normalized spacial score (nSPS) is 18.5. The average molecular weight is 300 g/mol. The number of carbonyl (C=O) groups excluding carboxylic acids is 1. The molecule has 1 amide bonds. The van der Waals surface area contributed by atoms with E-state index in [2.05, 4.69) is 15.0 Å². The number of nitrogens with zero attached hydrogens (tertiary/aromatic N) is 4. The average Bonchev–Trinajstić information content (AvgIpc) is 2.81. The number of amides is 1. The monoisotopic (exact) mass is 300 g/mol. The zero-order valence-electron chi connectivity index (χ0n) is 12.0. The van der Waals surface area contributed by atoms with Gasteiger partial charge in [0.25, 0.3) is 5.91 Å². The Morgan fingerprint density at radius 1 is 1.27 bits per heavy atom. The fourth-order valence-electron chi connectivity index (χ4n) is 2.22. The molecule has 1 aliphatic rings. The minimum absolute atomic E-state index is 0.168. The highest BCUT2D eigenvalue weighted by Gasteiger charge is 2.25. The molecule has 7 nitrogen and oxygen atoms in total. The molecule has 1 unspecified atom stereocenters. The Labute approximate surface area is 127 Å². The van der Waals surface area contributed by atoms with E-state index in [4.69, 9.17) is 9.47 Å². The molecule has 0 aliphatic carbocycles. The maximum Gasteiger partial charge on any atom is 0.274 e. The van der Waals surface area contributed by atoms with Crippen molar-refractivity contribution in [2.75, 3.05) is 26.3 Å². The van der Waals surface area contributed by atoms with Crippen molar-refractivity contribution in [3.63, 3.8) is 0 Å². The third-order valence-electron chi connectivity index (χ3n) is 3.24. The van der Waals surface area contributed by atoms with Crippen molar-refractivity contribution in [2.45, 2.75) is 6.10 Å². The van der Waals surface area contributed by atoms with E-state index in [-0.39, 0.29) is 12.0 Å². The highest BCUT2D eigenvalue weighted by molar-refractivity contribution is 5.92. The molecule has 2 aromatic rings. The summed E-state index contributed by atoms with van der Waals surface area (Å²) in [4.78, 5) is 26.1. The maximum atomic E-state index is 12.5. The second kappa shape index (κ2) is 6.95. The van der Waals surface area contributed by atoms with Gasteiger partial charge < -0.3 is 14.4 Å². The van der Waals surface area contributed by atoms with Crippen LogP contribution in [0.15, 0.2) is 43.1 Å². The van der Waals surface area contributed by atoms with Gasteiger partial charge in [-0.25, -0.2) is 4.98 Å². The smallest absolute Gasteiger partial charge is 0.274 e. The van der Waals surface area contributed by atoms with E-state index in [9.17, 15) is 4.79 Å². The largest absolute Gasteiger partial charge is 0.485 e. The lowest BCUT2D eigenvalue weighted by Crippen LogP contribution is -2.40. The van der Waals surface area contributed by atoms with E-state index in [0.717, 1.165) is 0 Å². The fourth-order valence-corrected chi connectivity index (χ4v) is 2.22. The Kier molecular flexibility index (Phi) is 4.55. The van der Waals surface area contributed by atoms with Gasteiger partial charge in [0.2, 0.25) is 0 Å². The van der Waals surface area contributed by atoms with Crippen molar-refractivity contribution in [1.29, 1.82) is 0 Å². The number of pyridine rings is 1. The molecule has 114 valence electrons. The summed E-state index contributed by atoms with van der Waals surface area (Å²) < 4.78 is 11.4. The zero-order chi connectivity index (χ0) is 15.2. The summed E-state index contributed by atoms with van der Waals surface area (Å²) in [5.41, 5.74) is 0.324. The van der Waals surface area contributed by atoms with Crippen molar-refractivity contribution in [3.8, 4) is 5.75 Å². The van der Waals surface area contributed by atoms with E-state index in [0.29, 0.717) is 37.7 Å². The molecule has 1 fully saturated rings. The highest BCUT2D eigenvalue weighted by Crippen LogP contribution is 2.13. The van der Waals surface area contributed by atoms with Gasteiger partial charge in [0.05, 0.1) is 32.2 Å². The van der Waals surface area contributed by atoms with Gasteiger partial charge in [0, 0.05) is 25.1 Å². The summed E-state index contributed by atoms with van der Waals surface area (Å²) in [5.74, 6) is 0.489. The summed E-state index contributed by atoms with van der Waals surface area (Å²) in [5, 5.41) is 0. The molecular formula is C15H16N4O3. The van der Waals surface area contributed by atoms with Crippen molar-refractivity contribution >= 4 is 5.91 Å². The summed E-state index contributed by atoms with van der Waals surface area (Å²) in [6, 6.07) is 3.63. The quantitative estimate of drug-likeness (QED) is 0.834. The van der Waals surface area contributed by atoms with Crippen LogP contribution in [-0.2, 0) is 4.74 Å². The van der Waals surface area contributed by atoms with Crippen LogP contribution in [0.5, 0.6) is 5.75 Å². The van der Waals surface area contributed by atoms with Gasteiger partial charge in [-0.15, -0.1) is 0 Å². The molecule has 22 heavy (non-hydrogen) atoms. The van der Waals surface area contributed by atoms with Crippen LogP contribution in [0.3, 0.4) is 0 Å². The summed E-state index contributed by atoms with van der Waals surface area (Å²) in [7, 11) is 0. The van der Waals surface area contributed by atoms with Crippen molar-refractivity contribution in [2.24, 2.45) is 0 Å². The van der Waals surface area contributed by atoms with Gasteiger partial charge in [0.15, 0.2) is 0 Å². The van der Waals surface area contributed by atoms with Crippen molar-refractivity contribution in [3.05, 3.63) is 48.8 Å². The van der Waals surface area contributed by atoms with Gasteiger partial charge in [-0.3, -0.25) is 14.8 Å². The second-order valence-electron chi connectivity index (χ2n) is 4.85. The standard InChI is InChI=1S/C15H16N4O3/c20-15(14-9-17-4-5-18-14)19-6-7-21-11-13(10-19)22-12-2-1-3-16-8-12/h1-5,8-9,13H,6-7,10-11H2. The number of aromatic nitrogens is 3. The van der Waals surface area contributed by atoms with E-state index < -0.39 is 0 Å². The molecule has 1 atom stereocenters. The molecule has 3 heterocycles. The Hall–Kier alpha value is -2.54. The summed E-state index contributed by atoms with van der Waals surface area (Å²) in [6.07, 6.45) is 7.58. The van der Waals surface area contributed by atoms with Gasteiger partial charge in [-0.1, -0.05) is 0 Å². The first-order valence-corrected chi connectivity index (χ1v) is 7.02. The van der Waals surface area contributed by atoms with Crippen LogP contribution >= 0.6 is 0 Å². The SMILES string of the molecule is O=C(c1cnccn1)N1CCOCC(Oc2cccnc2)C1. The van der Waals surface area contributed by atoms with E-state index in [1.54, 1.807) is 23.4 Å². The maximum absolute atomic E-state index is 12.5. The molecule has 0 aromatic carbocycles. The van der Waals surface area contributed by atoms with Crippen LogP contribution in [0.4, 0.5) is 0 Å². The Morgan fingerprint density at radius 2 is 2.18 bits per heavy atom. The van der Waals surface area contributed by atoms with Crippen molar-refractivity contribution in [1.82, 2.24) is 19.9 Å². The first-order valence-electron chi connectivity index (χ1n) is 7.02. The lowest BCUT2D eigenvalue weighted by atomic mass is 10.3. The number of ether oxygens (including phenoxy) is 2. The molecule has 3 rings (SSSR count). The van der Waals surface area contributed by atoms with Crippen LogP contribution in [-0.4, -0.2) is 58.2 Å². The molecule has 0 radical (unpaired) electrons. The predicted molar refractivity (Wildman–Crippen MR) is 77.4 cm³/mol. The van der Waals surface area contributed by atoms with Gasteiger partial charge >= 0.3 is 0 Å². The Balaban J connectivity index is 1.69. The first kappa shape index (κ1) is 14.4. The molecule has 0 spiro atoms. The number of rotatable bonds is 3. The summed E-state index contributed by atoms with van der Waals surface area (Å²) in [6.45, 7) is 1.84. The lowest BCUT2D eigenvalue weighted by Gasteiger charge is -2.23. The molecular weight excluding hydrogens is 284 g/mol. The molecule has 2 aromatic heterocycles. The van der Waals surface area contributed by atoms with Crippen molar-refractivity contribution < 1.29 is 14.3 Å². The molecule has 0 bridgehead atoms. The molecule has 0 saturated carbocycles. The third kappa shape index (κ3) is 3.56. The second-order valence-corrected chi connectivity index (χ2v) is 4.85. The minimum Gasteiger partial charge on any atom is -0.485 e. The van der Waals surface area contributed by atoms with Crippen LogP contribution in [0.25, 0.3) is 0 Å². The fraction of sp³-hybridized carbons (Fsp3) is 0.333. The van der Waals surface area contributed by atoms with Crippen LogP contribution in [0.1, 0.15) is 10.5 Å². The topological polar surface area (TPSA) is 77.4 Å². The molecule has 7 heteroatoms. The third-order valence-corrected chi connectivity index (χ3v) is 3.24. The van der Waals surface area contributed by atoms with Gasteiger partial charge in [-0.2, -0.15) is 0 Å². The minimum atomic E-state index is -0.243. The molecule has 1 aliphatic heterocycles. The number of hydrogen-bond acceptors (Lipinski definition) is 6. The van der Waals surface area contributed by atoms with Crippen LogP contribution in [0, 0.1) is 0 Å². The van der Waals surface area contributed by atoms with Crippen LogP contribution in [0.2, 0.25) is 0 Å². The summed E-state index contributed by atoms with van der Waals surface area (Å²) >= 11 is 0. The Morgan fingerprint density at radius 3 is 2.95 bits per heavy atom. The van der Waals surface area contributed by atoms with Gasteiger partial charge in [-0.05, 0) is 12.1 Å². The van der Waals surface area contributed by atoms with Gasteiger partial charge in [0.1, 0.15) is 17.5 Å². The molecule has 0 N–H and O–H groups in total. The Bertz CT molecular complexity index is 609. The number of hydrogen-bond donors (Lipinski definition) is 0. The van der Waals surface area contributed by atoms with Crippen LogP contribution < -0.4 is 4.74 Å². The number of carbonyl (C=O) groups is 1. The van der Waals surface area contributed by atoms with E-state index in [1.165, 1.54) is 18.6 Å². The van der Waals surface area contributed by atoms with E-state index >= 15 is 0 Å².